The average Bonchev–Trinajstić information content (AvgIpc) is 2.63. The van der Waals surface area contributed by atoms with Crippen LogP contribution in [-0.2, 0) is 0 Å². The van der Waals surface area contributed by atoms with Gasteiger partial charge in [0.25, 0.3) is 0 Å². The fourth-order valence-electron chi connectivity index (χ4n) is 3.62. The van der Waals surface area contributed by atoms with Crippen LogP contribution in [-0.4, -0.2) is 34.7 Å². The quantitative estimate of drug-likeness (QED) is 0.856. The number of hydrogen-bond donors (Lipinski definition) is 1. The average molecular weight is 310 g/mol. The summed E-state index contributed by atoms with van der Waals surface area (Å²) in [5.74, 6) is 0.802. The Balaban J connectivity index is 1.82. The number of rotatable bonds is 1. The van der Waals surface area contributed by atoms with E-state index in [0.29, 0.717) is 17.5 Å². The zero-order valence-electron chi connectivity index (χ0n) is 12.8. The molecule has 2 unspecified atom stereocenters. The van der Waals surface area contributed by atoms with Gasteiger partial charge in [-0.25, -0.2) is 0 Å². The highest BCUT2D eigenvalue weighted by Gasteiger charge is 2.41. The Morgan fingerprint density at radius 3 is 2.90 bits per heavy atom. The maximum Gasteiger partial charge on any atom is 0.126 e. The fourth-order valence-corrected chi connectivity index (χ4v) is 3.80. The van der Waals surface area contributed by atoms with E-state index in [-0.39, 0.29) is 5.60 Å². The van der Waals surface area contributed by atoms with Crippen molar-refractivity contribution in [2.75, 3.05) is 13.1 Å². The van der Waals surface area contributed by atoms with Crippen molar-refractivity contribution in [3.63, 3.8) is 0 Å². The van der Waals surface area contributed by atoms with E-state index >= 15 is 0 Å². The molecule has 3 rings (SSSR count). The second-order valence-corrected chi connectivity index (χ2v) is 7.11. The van der Waals surface area contributed by atoms with Crippen LogP contribution < -0.4 is 4.74 Å². The molecule has 1 aromatic rings. The first kappa shape index (κ1) is 15.1. The highest BCUT2D eigenvalue weighted by Crippen LogP contribution is 2.45. The van der Waals surface area contributed by atoms with Gasteiger partial charge in [-0.05, 0) is 57.9 Å². The first-order chi connectivity index (χ1) is 9.99. The zero-order valence-corrected chi connectivity index (χ0v) is 13.6. The molecule has 2 atom stereocenters. The molecule has 4 heteroatoms. The van der Waals surface area contributed by atoms with Gasteiger partial charge in [0.15, 0.2) is 0 Å². The van der Waals surface area contributed by atoms with Gasteiger partial charge in [0, 0.05) is 29.6 Å². The van der Waals surface area contributed by atoms with Crippen molar-refractivity contribution >= 4 is 11.6 Å². The van der Waals surface area contributed by atoms with Crippen LogP contribution in [0.25, 0.3) is 0 Å². The van der Waals surface area contributed by atoms with Crippen molar-refractivity contribution in [1.29, 1.82) is 0 Å². The summed E-state index contributed by atoms with van der Waals surface area (Å²) in [6, 6.07) is 6.13. The van der Waals surface area contributed by atoms with Crippen molar-refractivity contribution in [2.45, 2.75) is 57.3 Å². The Bertz CT molecular complexity index is 520. The van der Waals surface area contributed by atoms with Crippen molar-refractivity contribution in [3.8, 4) is 5.75 Å². The molecule has 1 saturated heterocycles. The Kier molecular flexibility index (Phi) is 4.17. The molecule has 0 bridgehead atoms. The molecule has 2 heterocycles. The minimum Gasteiger partial charge on any atom is -0.487 e. The molecule has 1 spiro atoms. The standard InChI is InChI=1S/C17H24ClNO2/c1-12(2)19-8-3-6-17(7-9-19)11-15(20)14-10-13(18)4-5-16(14)21-17/h4-5,10,12,15,20H,3,6-9,11H2,1-2H3. The predicted octanol–water partition coefficient (Wildman–Crippen LogP) is 3.79. The largest absolute Gasteiger partial charge is 0.487 e. The number of likely N-dealkylation sites (tertiary alicyclic amines) is 1. The highest BCUT2D eigenvalue weighted by atomic mass is 35.5. The van der Waals surface area contributed by atoms with Crippen LogP contribution in [0.15, 0.2) is 18.2 Å². The van der Waals surface area contributed by atoms with E-state index in [2.05, 4.69) is 18.7 Å². The minimum absolute atomic E-state index is 0.218. The molecule has 3 nitrogen and oxygen atoms in total. The third kappa shape index (κ3) is 3.05. The second kappa shape index (κ2) is 5.79. The lowest BCUT2D eigenvalue weighted by molar-refractivity contribution is -0.0242. The Hall–Kier alpha value is -0.770. The highest BCUT2D eigenvalue weighted by molar-refractivity contribution is 6.30. The van der Waals surface area contributed by atoms with Gasteiger partial charge >= 0.3 is 0 Å². The Morgan fingerprint density at radius 2 is 2.14 bits per heavy atom. The van der Waals surface area contributed by atoms with Gasteiger partial charge in [-0.1, -0.05) is 11.6 Å². The molecular weight excluding hydrogens is 286 g/mol. The third-order valence-corrected chi connectivity index (χ3v) is 5.12. The van der Waals surface area contributed by atoms with E-state index in [1.807, 2.05) is 18.2 Å². The first-order valence-electron chi connectivity index (χ1n) is 7.90. The van der Waals surface area contributed by atoms with E-state index in [0.717, 1.165) is 43.7 Å². The molecule has 21 heavy (non-hydrogen) atoms. The number of aliphatic hydroxyl groups excluding tert-OH is 1. The summed E-state index contributed by atoms with van der Waals surface area (Å²) in [6.07, 6.45) is 3.30. The topological polar surface area (TPSA) is 32.7 Å². The number of fused-ring (bicyclic) bond motifs is 1. The van der Waals surface area contributed by atoms with Gasteiger partial charge in [0.1, 0.15) is 11.4 Å². The summed E-state index contributed by atoms with van der Waals surface area (Å²) in [7, 11) is 0. The van der Waals surface area contributed by atoms with Crippen LogP contribution in [0.5, 0.6) is 5.75 Å². The van der Waals surface area contributed by atoms with E-state index in [1.54, 1.807) is 0 Å². The molecule has 2 aliphatic heterocycles. The lowest BCUT2D eigenvalue weighted by atomic mass is 9.83. The van der Waals surface area contributed by atoms with Crippen molar-refractivity contribution in [2.24, 2.45) is 0 Å². The number of benzene rings is 1. The molecule has 1 aromatic carbocycles. The summed E-state index contributed by atoms with van der Waals surface area (Å²) < 4.78 is 6.35. The molecule has 0 aromatic heterocycles. The van der Waals surface area contributed by atoms with E-state index < -0.39 is 6.10 Å². The van der Waals surface area contributed by atoms with Gasteiger partial charge in [-0.3, -0.25) is 0 Å². The summed E-state index contributed by atoms with van der Waals surface area (Å²) in [5.41, 5.74) is 0.613. The molecular formula is C17H24ClNO2. The lowest BCUT2D eigenvalue weighted by Crippen LogP contribution is -2.42. The zero-order chi connectivity index (χ0) is 15.0. The van der Waals surface area contributed by atoms with Crippen LogP contribution in [0.1, 0.15) is 51.2 Å². The lowest BCUT2D eigenvalue weighted by Gasteiger charge is -2.40. The molecule has 0 saturated carbocycles. The monoisotopic (exact) mass is 309 g/mol. The van der Waals surface area contributed by atoms with Gasteiger partial charge in [0.2, 0.25) is 0 Å². The van der Waals surface area contributed by atoms with Gasteiger partial charge < -0.3 is 14.7 Å². The molecule has 0 amide bonds. The number of hydrogen-bond acceptors (Lipinski definition) is 3. The second-order valence-electron chi connectivity index (χ2n) is 6.67. The smallest absolute Gasteiger partial charge is 0.126 e. The maximum atomic E-state index is 10.5. The van der Waals surface area contributed by atoms with Gasteiger partial charge in [-0.15, -0.1) is 0 Å². The fraction of sp³-hybridized carbons (Fsp3) is 0.647. The van der Waals surface area contributed by atoms with E-state index in [1.165, 1.54) is 0 Å². The maximum absolute atomic E-state index is 10.5. The van der Waals surface area contributed by atoms with Crippen LogP contribution in [0.3, 0.4) is 0 Å². The summed E-state index contributed by atoms with van der Waals surface area (Å²) in [4.78, 5) is 2.50. The molecule has 1 fully saturated rings. The normalized spacial score (nSPS) is 30.0. The molecule has 116 valence electrons. The number of halogens is 1. The predicted molar refractivity (Wildman–Crippen MR) is 84.9 cm³/mol. The number of nitrogens with zero attached hydrogens (tertiary/aromatic N) is 1. The van der Waals surface area contributed by atoms with Gasteiger partial charge in [-0.2, -0.15) is 0 Å². The van der Waals surface area contributed by atoms with Crippen molar-refractivity contribution in [3.05, 3.63) is 28.8 Å². The van der Waals surface area contributed by atoms with Crippen LogP contribution in [0, 0.1) is 0 Å². The summed E-state index contributed by atoms with van der Waals surface area (Å²) in [6.45, 7) is 6.64. The minimum atomic E-state index is -0.474. The third-order valence-electron chi connectivity index (χ3n) is 4.89. The van der Waals surface area contributed by atoms with Crippen LogP contribution in [0.4, 0.5) is 0 Å². The van der Waals surface area contributed by atoms with Crippen molar-refractivity contribution in [1.82, 2.24) is 4.90 Å². The molecule has 2 aliphatic rings. The number of ether oxygens (including phenoxy) is 1. The van der Waals surface area contributed by atoms with Crippen LogP contribution in [0.2, 0.25) is 5.02 Å². The van der Waals surface area contributed by atoms with Gasteiger partial charge in [0.05, 0.1) is 6.10 Å². The molecule has 0 aliphatic carbocycles. The Labute approximate surface area is 131 Å². The first-order valence-corrected chi connectivity index (χ1v) is 8.27. The van der Waals surface area contributed by atoms with Crippen LogP contribution >= 0.6 is 11.6 Å². The van der Waals surface area contributed by atoms with E-state index in [9.17, 15) is 5.11 Å². The van der Waals surface area contributed by atoms with Crippen molar-refractivity contribution < 1.29 is 9.84 Å². The molecule has 1 N–H and O–H groups in total. The number of aliphatic hydroxyl groups is 1. The summed E-state index contributed by atoms with van der Waals surface area (Å²) in [5, 5.41) is 11.2. The Morgan fingerprint density at radius 1 is 1.33 bits per heavy atom. The SMILES string of the molecule is CC(C)N1CCCC2(CC1)CC(O)c1cc(Cl)ccc1O2. The van der Waals surface area contributed by atoms with E-state index in [4.69, 9.17) is 16.3 Å². The molecule has 0 radical (unpaired) electrons. The summed E-state index contributed by atoms with van der Waals surface area (Å²) >= 11 is 6.03.